The number of carbonyl (C=O) groups excluding carboxylic acids is 2. The van der Waals surface area contributed by atoms with Gasteiger partial charge in [-0.05, 0) is 89.9 Å². The van der Waals surface area contributed by atoms with Gasteiger partial charge in [-0.3, -0.25) is 9.59 Å². The lowest BCUT2D eigenvalue weighted by Gasteiger charge is -2.41. The minimum atomic E-state index is -1.63. The number of amides is 1. The smallest absolute Gasteiger partial charge is 0.306 e. The van der Waals surface area contributed by atoms with Crippen LogP contribution in [0.1, 0.15) is 239 Å². The molecule has 0 aromatic carbocycles. The highest BCUT2D eigenvalue weighted by atomic mass is 16.7. The van der Waals surface area contributed by atoms with Gasteiger partial charge >= 0.3 is 5.97 Å². The van der Waals surface area contributed by atoms with Crippen molar-refractivity contribution in [2.45, 2.75) is 288 Å². The van der Waals surface area contributed by atoms with Crippen LogP contribution >= 0.6 is 0 Å². The summed E-state index contributed by atoms with van der Waals surface area (Å²) in [5.41, 5.74) is 0. The lowest BCUT2D eigenvalue weighted by atomic mass is 9.99. The summed E-state index contributed by atoms with van der Waals surface area (Å²) < 4.78 is 17.6. The maximum atomic E-state index is 13.4. The zero-order valence-electron chi connectivity index (χ0n) is 49.2. The number of hydrogen-bond acceptors (Lipinski definition) is 10. The maximum Gasteiger partial charge on any atom is 0.306 e. The maximum absolute atomic E-state index is 13.4. The first kappa shape index (κ1) is 72.3. The molecule has 1 amide bonds. The number of unbranched alkanes of at least 4 members (excludes halogenated alkanes) is 23. The second-order valence-electron chi connectivity index (χ2n) is 21.1. The summed E-state index contributed by atoms with van der Waals surface area (Å²) in [6, 6.07) is -1.04. The van der Waals surface area contributed by atoms with Gasteiger partial charge in [0.1, 0.15) is 24.4 Å². The van der Waals surface area contributed by atoms with Crippen LogP contribution in [-0.4, -0.2) is 99.6 Å². The number of aliphatic hydroxyl groups excluding tert-OH is 5. The van der Waals surface area contributed by atoms with Gasteiger partial charge in [-0.2, -0.15) is 0 Å². The number of allylic oxidation sites excluding steroid dienone is 17. The van der Waals surface area contributed by atoms with E-state index in [1.807, 2.05) is 12.2 Å². The van der Waals surface area contributed by atoms with E-state index >= 15 is 0 Å². The predicted molar refractivity (Wildman–Crippen MR) is 324 cm³/mol. The van der Waals surface area contributed by atoms with E-state index in [2.05, 4.69) is 117 Å². The molecule has 11 heteroatoms. The van der Waals surface area contributed by atoms with Crippen LogP contribution in [0.25, 0.3) is 0 Å². The van der Waals surface area contributed by atoms with E-state index < -0.39 is 67.4 Å². The first-order chi connectivity index (χ1) is 38.2. The molecule has 6 N–H and O–H groups in total. The Bertz CT molecular complexity index is 1680. The van der Waals surface area contributed by atoms with Gasteiger partial charge in [-0.25, -0.2) is 0 Å². The van der Waals surface area contributed by atoms with E-state index in [1.165, 1.54) is 44.9 Å². The Hall–Kier alpha value is -3.68. The van der Waals surface area contributed by atoms with Crippen molar-refractivity contribution in [3.8, 4) is 0 Å². The number of carbonyl (C=O) groups is 2. The first-order valence-electron chi connectivity index (χ1n) is 31.2. The van der Waals surface area contributed by atoms with Crippen LogP contribution in [-0.2, 0) is 23.8 Å². The molecule has 0 aromatic rings. The van der Waals surface area contributed by atoms with Crippen molar-refractivity contribution >= 4 is 11.9 Å². The Kier molecular flexibility index (Phi) is 50.0. The van der Waals surface area contributed by atoms with Crippen molar-refractivity contribution < 1.29 is 49.3 Å². The lowest BCUT2D eigenvalue weighted by molar-refractivity contribution is -0.305. The van der Waals surface area contributed by atoms with Gasteiger partial charge < -0.3 is 45.1 Å². The molecule has 1 heterocycles. The van der Waals surface area contributed by atoms with Crippen molar-refractivity contribution in [1.82, 2.24) is 5.32 Å². The number of ether oxygens (including phenoxy) is 3. The normalized spacial score (nSPS) is 19.7. The highest BCUT2D eigenvalue weighted by Gasteiger charge is 2.47. The molecule has 1 fully saturated rings. The van der Waals surface area contributed by atoms with Crippen LogP contribution in [0, 0.1) is 0 Å². The number of rotatable bonds is 51. The first-order valence-corrected chi connectivity index (χ1v) is 31.2. The molecule has 0 aliphatic carbocycles. The van der Waals surface area contributed by atoms with Crippen molar-refractivity contribution in [3.05, 3.63) is 109 Å². The molecule has 8 atom stereocenters. The van der Waals surface area contributed by atoms with E-state index in [-0.39, 0.29) is 19.4 Å². The zero-order chi connectivity index (χ0) is 56.8. The molecule has 1 aliphatic heterocycles. The Labute approximate surface area is 475 Å². The quantitative estimate of drug-likeness (QED) is 0.0149. The average molecular weight is 1090 g/mol. The molecule has 0 spiro atoms. The minimum absolute atomic E-state index is 0.103. The van der Waals surface area contributed by atoms with Crippen LogP contribution in [0.4, 0.5) is 0 Å². The minimum Gasteiger partial charge on any atom is -0.454 e. The summed E-state index contributed by atoms with van der Waals surface area (Å²) in [6.45, 7) is 5.52. The summed E-state index contributed by atoms with van der Waals surface area (Å²) >= 11 is 0. The third kappa shape index (κ3) is 41.3. The van der Waals surface area contributed by atoms with E-state index in [0.717, 1.165) is 148 Å². The van der Waals surface area contributed by atoms with Gasteiger partial charge in [0.2, 0.25) is 5.91 Å². The van der Waals surface area contributed by atoms with Crippen molar-refractivity contribution in [2.75, 3.05) is 13.2 Å². The Balaban J connectivity index is 2.68. The van der Waals surface area contributed by atoms with Gasteiger partial charge in [-0.1, -0.05) is 252 Å². The van der Waals surface area contributed by atoms with Crippen molar-refractivity contribution in [3.63, 3.8) is 0 Å². The molecule has 0 radical (unpaired) electrons. The van der Waals surface area contributed by atoms with Gasteiger partial charge in [-0.15, -0.1) is 0 Å². The van der Waals surface area contributed by atoms with Gasteiger partial charge in [0, 0.05) is 6.42 Å². The second kappa shape index (κ2) is 53.9. The number of nitrogens with one attached hydrogen (secondary N) is 1. The third-order valence-electron chi connectivity index (χ3n) is 14.0. The van der Waals surface area contributed by atoms with Crippen LogP contribution in [0.5, 0.6) is 0 Å². The summed E-state index contributed by atoms with van der Waals surface area (Å²) in [4.78, 5) is 26.5. The molecule has 8 unspecified atom stereocenters. The monoisotopic (exact) mass is 1090 g/mol. The molecule has 1 saturated heterocycles. The number of esters is 1. The Morgan fingerprint density at radius 2 is 0.987 bits per heavy atom. The summed E-state index contributed by atoms with van der Waals surface area (Å²) in [5, 5.41) is 57.0. The SMILES string of the molecule is CC/C=C\C/C=C\C/C=C\C/C=C\C/C=C\CCCCCCCCC(O)C(=O)NC(COC1OC(CO)C(O)C(O)C1OC(=O)CCCCCCCCC/C=C/C=C/C=C/CC)C(O)/C=C/CCCCCCCCCCCC. The van der Waals surface area contributed by atoms with Crippen molar-refractivity contribution in [2.24, 2.45) is 0 Å². The molecule has 11 nitrogen and oxygen atoms in total. The van der Waals surface area contributed by atoms with Crippen molar-refractivity contribution in [1.29, 1.82) is 0 Å². The predicted octanol–water partition coefficient (Wildman–Crippen LogP) is 14.9. The fourth-order valence-corrected chi connectivity index (χ4v) is 9.09. The van der Waals surface area contributed by atoms with Crippen LogP contribution < -0.4 is 5.32 Å². The second-order valence-corrected chi connectivity index (χ2v) is 21.1. The topological polar surface area (TPSA) is 175 Å². The average Bonchev–Trinajstić information content (AvgIpc) is 3.44. The van der Waals surface area contributed by atoms with Gasteiger partial charge in [0.15, 0.2) is 12.4 Å². The Morgan fingerprint density at radius 3 is 1.53 bits per heavy atom. The Morgan fingerprint density at radius 1 is 0.526 bits per heavy atom. The van der Waals surface area contributed by atoms with E-state index in [0.29, 0.717) is 12.8 Å². The summed E-state index contributed by atoms with van der Waals surface area (Å²) in [5.74, 6) is -1.23. The highest BCUT2D eigenvalue weighted by Crippen LogP contribution is 2.26. The third-order valence-corrected chi connectivity index (χ3v) is 14.0. The highest BCUT2D eigenvalue weighted by molar-refractivity contribution is 5.80. The fraction of sp³-hybridized carbons (Fsp3) is 0.701. The van der Waals surface area contributed by atoms with Gasteiger partial charge in [0.05, 0.1) is 25.4 Å². The molecular weight excluding hydrogens is 979 g/mol. The molecule has 0 saturated carbocycles. The summed E-state index contributed by atoms with van der Waals surface area (Å²) in [6.07, 6.45) is 62.6. The van der Waals surface area contributed by atoms with Crippen LogP contribution in [0.2, 0.25) is 0 Å². The van der Waals surface area contributed by atoms with E-state index in [4.69, 9.17) is 14.2 Å². The molecule has 0 aromatic heterocycles. The molecule has 1 rings (SSSR count). The fourth-order valence-electron chi connectivity index (χ4n) is 9.09. The van der Waals surface area contributed by atoms with E-state index in [1.54, 1.807) is 6.08 Å². The van der Waals surface area contributed by atoms with E-state index in [9.17, 15) is 35.1 Å². The van der Waals surface area contributed by atoms with Gasteiger partial charge in [0.25, 0.3) is 0 Å². The van der Waals surface area contributed by atoms with Crippen LogP contribution in [0.3, 0.4) is 0 Å². The summed E-state index contributed by atoms with van der Waals surface area (Å²) in [7, 11) is 0. The number of aliphatic hydroxyl groups is 5. The van der Waals surface area contributed by atoms with Crippen LogP contribution in [0.15, 0.2) is 109 Å². The standard InChI is InChI=1S/C67H113NO10/c1-4-7-10-13-16-19-22-25-27-28-29-30-31-32-33-35-36-39-42-45-48-51-54-60(71)66(75)68-58(59(70)53-50-47-44-41-38-24-21-18-15-12-9-6-3)57-76-67-65(64(74)63(73)61(56-69)77-67)78-62(72)55-52-49-46-43-40-37-34-26-23-20-17-14-11-8-5-2/h7-8,10-11,14,16-17,19-20,23,25,27,29-30,32-33,50,53,58-61,63-65,67,69-71,73-74H,4-6,9,12-13,15,18,21-22,24,26,28,31,34-49,51-52,54-57H2,1-3H3,(H,68,75)/b10-7-,11-8+,17-14+,19-16-,23-20+,27-25-,30-29-,33-32-,53-50+. The zero-order valence-corrected chi connectivity index (χ0v) is 49.2. The molecule has 446 valence electrons. The molecule has 1 aliphatic rings. The molecule has 0 bridgehead atoms. The molecule has 78 heavy (non-hydrogen) atoms. The lowest BCUT2D eigenvalue weighted by Crippen LogP contribution is -2.61. The molecular formula is C67H113NO10. The number of hydrogen-bond donors (Lipinski definition) is 6. The largest absolute Gasteiger partial charge is 0.454 e.